The number of benzene rings is 2. The van der Waals surface area contributed by atoms with Crippen molar-refractivity contribution in [1.29, 1.82) is 0 Å². The van der Waals surface area contributed by atoms with E-state index in [9.17, 15) is 9.90 Å². The maximum absolute atomic E-state index is 11.3. The fourth-order valence-corrected chi connectivity index (χ4v) is 3.24. The number of fused-ring (bicyclic) bond motifs is 1. The zero-order chi connectivity index (χ0) is 20.5. The molecule has 4 aromatic rings. The van der Waals surface area contributed by atoms with Crippen LogP contribution in [-0.4, -0.2) is 20.1 Å². The van der Waals surface area contributed by atoms with Crippen molar-refractivity contribution in [2.75, 3.05) is 10.6 Å². The molecule has 0 fully saturated rings. The molecule has 4 N–H and O–H groups in total. The van der Waals surface area contributed by atoms with Gasteiger partial charge in [0.15, 0.2) is 5.58 Å². The second kappa shape index (κ2) is 7.40. The van der Waals surface area contributed by atoms with Gasteiger partial charge in [-0.2, -0.15) is 4.98 Å². The van der Waals surface area contributed by atoms with Crippen molar-refractivity contribution in [1.82, 2.24) is 15.0 Å². The molecule has 0 unspecified atom stereocenters. The Morgan fingerprint density at radius 1 is 1.03 bits per heavy atom. The molecule has 4 rings (SSSR count). The van der Waals surface area contributed by atoms with Crippen LogP contribution < -0.4 is 16.4 Å². The van der Waals surface area contributed by atoms with Gasteiger partial charge in [0, 0.05) is 23.1 Å². The molecular weight excluding hydrogens is 370 g/mol. The summed E-state index contributed by atoms with van der Waals surface area (Å²) in [5, 5.41) is 15.9. The molecule has 0 saturated heterocycles. The summed E-state index contributed by atoms with van der Waals surface area (Å²) in [4.78, 5) is 22.9. The maximum Gasteiger partial charge on any atom is 0.417 e. The van der Waals surface area contributed by atoms with Gasteiger partial charge in [-0.1, -0.05) is 0 Å². The Kier molecular flexibility index (Phi) is 4.77. The molecule has 0 amide bonds. The molecule has 0 atom stereocenters. The van der Waals surface area contributed by atoms with Crippen LogP contribution in [0.5, 0.6) is 0 Å². The highest BCUT2D eigenvalue weighted by Crippen LogP contribution is 2.25. The summed E-state index contributed by atoms with van der Waals surface area (Å²) in [5.74, 6) is 0.610. The summed E-state index contributed by atoms with van der Waals surface area (Å²) >= 11 is 0. The molecule has 0 saturated carbocycles. The van der Waals surface area contributed by atoms with E-state index in [1.54, 1.807) is 18.3 Å². The van der Waals surface area contributed by atoms with Crippen LogP contribution in [0.4, 0.5) is 23.1 Å². The fraction of sp³-hybridized carbons (Fsp3) is 0.190. The fourth-order valence-electron chi connectivity index (χ4n) is 3.24. The molecule has 0 aliphatic carbocycles. The lowest BCUT2D eigenvalue weighted by Crippen LogP contribution is -2.04. The molecule has 148 valence electrons. The summed E-state index contributed by atoms with van der Waals surface area (Å²) in [7, 11) is 0. The highest BCUT2D eigenvalue weighted by molar-refractivity contribution is 5.78. The average Bonchev–Trinajstić information content (AvgIpc) is 3.03. The van der Waals surface area contributed by atoms with Gasteiger partial charge in [0.05, 0.1) is 12.1 Å². The molecule has 8 heteroatoms. The summed E-state index contributed by atoms with van der Waals surface area (Å²) in [5.41, 5.74) is 6.53. The zero-order valence-electron chi connectivity index (χ0n) is 16.3. The molecule has 0 radical (unpaired) electrons. The highest BCUT2D eigenvalue weighted by Gasteiger charge is 2.09. The van der Waals surface area contributed by atoms with Crippen molar-refractivity contribution >= 4 is 34.2 Å². The number of oxazole rings is 1. The smallest absolute Gasteiger partial charge is 0.408 e. The largest absolute Gasteiger partial charge is 0.417 e. The van der Waals surface area contributed by atoms with Gasteiger partial charge in [0.1, 0.15) is 5.82 Å². The second-order valence-electron chi connectivity index (χ2n) is 6.95. The number of hydrogen-bond donors (Lipinski definition) is 4. The normalized spacial score (nSPS) is 11.0. The number of aliphatic hydroxyl groups excluding tert-OH is 1. The molecule has 0 spiro atoms. The molecule has 0 bridgehead atoms. The third-order valence-corrected chi connectivity index (χ3v) is 4.76. The summed E-state index contributed by atoms with van der Waals surface area (Å²) in [6.07, 6.45) is 1.73. The van der Waals surface area contributed by atoms with Crippen LogP contribution in [0.15, 0.2) is 45.7 Å². The van der Waals surface area contributed by atoms with E-state index >= 15 is 0 Å². The lowest BCUT2D eigenvalue weighted by molar-refractivity contribution is 0.280. The van der Waals surface area contributed by atoms with Crippen LogP contribution in [0.1, 0.15) is 22.3 Å². The Balaban J connectivity index is 1.61. The van der Waals surface area contributed by atoms with Gasteiger partial charge in [-0.05, 0) is 67.8 Å². The summed E-state index contributed by atoms with van der Waals surface area (Å²) in [6.45, 7) is 5.85. The van der Waals surface area contributed by atoms with E-state index in [2.05, 4.69) is 25.6 Å². The van der Waals surface area contributed by atoms with Crippen molar-refractivity contribution in [3.8, 4) is 0 Å². The first-order valence-electron chi connectivity index (χ1n) is 9.14. The number of hydrogen-bond acceptors (Lipinski definition) is 7. The zero-order valence-corrected chi connectivity index (χ0v) is 16.3. The minimum atomic E-state index is -0.486. The van der Waals surface area contributed by atoms with Crippen molar-refractivity contribution < 1.29 is 9.52 Å². The Bertz CT molecular complexity index is 1240. The molecule has 2 heterocycles. The number of aromatic nitrogens is 3. The molecule has 2 aromatic carbocycles. The van der Waals surface area contributed by atoms with Gasteiger partial charge in [-0.25, -0.2) is 9.78 Å². The Morgan fingerprint density at radius 2 is 1.79 bits per heavy atom. The Labute approximate surface area is 166 Å². The maximum atomic E-state index is 11.3. The quantitative estimate of drug-likeness (QED) is 0.409. The van der Waals surface area contributed by atoms with Crippen LogP contribution in [0.3, 0.4) is 0 Å². The van der Waals surface area contributed by atoms with E-state index in [0.717, 1.165) is 33.6 Å². The average molecular weight is 391 g/mol. The van der Waals surface area contributed by atoms with E-state index in [0.29, 0.717) is 22.9 Å². The third kappa shape index (κ3) is 3.83. The van der Waals surface area contributed by atoms with Crippen LogP contribution in [0.2, 0.25) is 0 Å². The van der Waals surface area contributed by atoms with Crippen LogP contribution in [-0.2, 0) is 6.61 Å². The molecule has 29 heavy (non-hydrogen) atoms. The number of H-pyrrole nitrogens is 1. The van der Waals surface area contributed by atoms with Gasteiger partial charge in [-0.15, -0.1) is 0 Å². The number of anilines is 4. The van der Waals surface area contributed by atoms with E-state index in [1.807, 2.05) is 39.0 Å². The number of rotatable bonds is 5. The minimum absolute atomic E-state index is 0.0132. The highest BCUT2D eigenvalue weighted by atomic mass is 16.4. The summed E-state index contributed by atoms with van der Waals surface area (Å²) < 4.78 is 5.03. The second-order valence-corrected chi connectivity index (χ2v) is 6.95. The first kappa shape index (κ1) is 18.7. The lowest BCUT2D eigenvalue weighted by Gasteiger charge is -2.13. The van der Waals surface area contributed by atoms with Gasteiger partial charge in [0.25, 0.3) is 0 Å². The van der Waals surface area contributed by atoms with Gasteiger partial charge < -0.3 is 20.2 Å². The molecular formula is C21H21N5O3. The number of aryl methyl sites for hydroxylation is 3. The number of aromatic amines is 1. The van der Waals surface area contributed by atoms with E-state index in [1.165, 1.54) is 0 Å². The van der Waals surface area contributed by atoms with Crippen molar-refractivity contribution in [3.63, 3.8) is 0 Å². The third-order valence-electron chi connectivity index (χ3n) is 4.76. The van der Waals surface area contributed by atoms with Crippen LogP contribution >= 0.6 is 0 Å². The molecule has 0 aliphatic rings. The van der Waals surface area contributed by atoms with Crippen molar-refractivity contribution in [3.05, 3.63) is 69.3 Å². The number of nitrogens with zero attached hydrogens (tertiary/aromatic N) is 2. The monoisotopic (exact) mass is 391 g/mol. The minimum Gasteiger partial charge on any atom is -0.408 e. The van der Waals surface area contributed by atoms with Gasteiger partial charge in [0.2, 0.25) is 5.95 Å². The first-order chi connectivity index (χ1) is 13.9. The standard InChI is InChI=1S/C21H21N5O3/c1-11-6-15(7-12(2)16(11)10-27)24-20-22-9-13(3)19(26-20)23-14-4-5-18-17(8-14)25-21(28)29-18/h4-9,27H,10H2,1-3H3,(H,25,28)(H2,22,23,24,26). The van der Waals surface area contributed by atoms with E-state index in [4.69, 9.17) is 4.42 Å². The molecule has 8 nitrogen and oxygen atoms in total. The van der Waals surface area contributed by atoms with Crippen molar-refractivity contribution in [2.45, 2.75) is 27.4 Å². The molecule has 0 aliphatic heterocycles. The van der Waals surface area contributed by atoms with Crippen molar-refractivity contribution in [2.24, 2.45) is 0 Å². The summed E-state index contributed by atoms with van der Waals surface area (Å²) in [6, 6.07) is 9.24. The predicted molar refractivity (Wildman–Crippen MR) is 112 cm³/mol. The SMILES string of the molecule is Cc1cnc(Nc2cc(C)c(CO)c(C)c2)nc1Nc1ccc2oc(=O)[nH]c2c1. The number of nitrogens with one attached hydrogen (secondary N) is 3. The van der Waals surface area contributed by atoms with E-state index < -0.39 is 5.76 Å². The van der Waals surface area contributed by atoms with Gasteiger partial charge in [-0.3, -0.25) is 4.98 Å². The van der Waals surface area contributed by atoms with Crippen LogP contribution in [0.25, 0.3) is 11.1 Å². The van der Waals surface area contributed by atoms with E-state index in [-0.39, 0.29) is 6.61 Å². The van der Waals surface area contributed by atoms with Crippen LogP contribution in [0, 0.1) is 20.8 Å². The predicted octanol–water partition coefficient (Wildman–Crippen LogP) is 3.82. The lowest BCUT2D eigenvalue weighted by atomic mass is 10.0. The van der Waals surface area contributed by atoms with Gasteiger partial charge >= 0.3 is 5.76 Å². The Hall–Kier alpha value is -3.65. The first-order valence-corrected chi connectivity index (χ1v) is 9.14. The topological polar surface area (TPSA) is 116 Å². The Morgan fingerprint density at radius 3 is 2.52 bits per heavy atom. The molecule has 2 aromatic heterocycles. The number of aliphatic hydroxyl groups is 1.